The molecule has 1 atom stereocenters. The quantitative estimate of drug-likeness (QED) is 0.293. The Morgan fingerprint density at radius 2 is 2.17 bits per heavy atom. The maximum atomic E-state index is 2.94. The molecule has 38 valence electrons. The Kier molecular flexibility index (Phi) is 4.24. The van der Waals surface area contributed by atoms with E-state index in [-0.39, 0.29) is 0 Å². The molecular weight excluding hydrogens is 191 g/mol. The maximum Gasteiger partial charge on any atom is 0.0699 e. The third-order valence-corrected chi connectivity index (χ3v) is 0.655. The molecule has 0 aromatic rings. The van der Waals surface area contributed by atoms with Crippen molar-refractivity contribution >= 4 is 22.6 Å². The number of nitrogens with one attached hydrogen (secondary N) is 2. The highest BCUT2D eigenvalue weighted by atomic mass is 127. The molecule has 0 saturated heterocycles. The highest BCUT2D eigenvalue weighted by Crippen LogP contribution is 1.87. The lowest BCUT2D eigenvalue weighted by Crippen LogP contribution is -2.31. The molecule has 0 rings (SSSR count). The van der Waals surface area contributed by atoms with Crippen molar-refractivity contribution in [3.63, 3.8) is 0 Å². The predicted molar refractivity (Wildman–Crippen MR) is 35.7 cm³/mol. The summed E-state index contributed by atoms with van der Waals surface area (Å²) < 4.78 is 0.507. The van der Waals surface area contributed by atoms with Crippen molar-refractivity contribution in [2.24, 2.45) is 0 Å². The molecule has 0 aliphatic carbocycles. The van der Waals surface area contributed by atoms with Crippen LogP contribution in [-0.4, -0.2) is 11.1 Å². The molecule has 2 nitrogen and oxygen atoms in total. The van der Waals surface area contributed by atoms with Gasteiger partial charge in [0, 0.05) is 0 Å². The normalized spacial score (nSPS) is 14.5. The van der Waals surface area contributed by atoms with Crippen LogP contribution in [0.4, 0.5) is 0 Å². The molecule has 6 heavy (non-hydrogen) atoms. The first-order valence-electron chi connectivity index (χ1n) is 1.83. The summed E-state index contributed by atoms with van der Waals surface area (Å²) in [5.41, 5.74) is 5.75. The van der Waals surface area contributed by atoms with Crippen LogP contribution in [0.3, 0.4) is 0 Å². The fourth-order valence-electron chi connectivity index (χ4n) is 0.199. The van der Waals surface area contributed by atoms with E-state index in [1.807, 2.05) is 7.05 Å². The molecular formula is C3H9IN2. The molecule has 0 bridgehead atoms. The largest absolute Gasteiger partial charge is 0.260 e. The van der Waals surface area contributed by atoms with Gasteiger partial charge in [-0.15, -0.1) is 0 Å². The first-order chi connectivity index (χ1) is 2.77. The van der Waals surface area contributed by atoms with Gasteiger partial charge in [0.25, 0.3) is 0 Å². The number of hydrogen-bond donors (Lipinski definition) is 2. The third kappa shape index (κ3) is 4.65. The molecule has 0 aromatic carbocycles. The zero-order valence-corrected chi connectivity index (χ0v) is 6.11. The van der Waals surface area contributed by atoms with Crippen LogP contribution in [0.5, 0.6) is 0 Å². The standard InChI is InChI=1S/C3H9IN2/c1-3(4)6-5-2/h3,5-6H,1-2H3/t3-/m1/s1. The summed E-state index contributed by atoms with van der Waals surface area (Å²) in [6, 6.07) is 0. The molecule has 0 fully saturated rings. The lowest BCUT2D eigenvalue weighted by Gasteiger charge is -2.00. The predicted octanol–water partition coefficient (Wildman–Crippen LogP) is 0.491. The molecule has 0 aromatic heterocycles. The van der Waals surface area contributed by atoms with Gasteiger partial charge in [-0.25, -0.2) is 5.43 Å². The van der Waals surface area contributed by atoms with E-state index in [9.17, 15) is 0 Å². The van der Waals surface area contributed by atoms with Gasteiger partial charge in [-0.2, -0.15) is 0 Å². The van der Waals surface area contributed by atoms with Gasteiger partial charge < -0.3 is 0 Å². The minimum Gasteiger partial charge on any atom is -0.260 e. The van der Waals surface area contributed by atoms with Crippen molar-refractivity contribution in [1.29, 1.82) is 0 Å². The van der Waals surface area contributed by atoms with Gasteiger partial charge >= 0.3 is 0 Å². The Balaban J connectivity index is 2.63. The highest BCUT2D eigenvalue weighted by Gasteiger charge is 1.83. The lowest BCUT2D eigenvalue weighted by molar-refractivity contribution is 0.608. The molecule has 0 aliphatic heterocycles. The van der Waals surface area contributed by atoms with Crippen molar-refractivity contribution < 1.29 is 0 Å². The number of hydrogen-bond acceptors (Lipinski definition) is 2. The van der Waals surface area contributed by atoms with Crippen LogP contribution < -0.4 is 10.9 Å². The van der Waals surface area contributed by atoms with Gasteiger partial charge in [0.2, 0.25) is 0 Å². The summed E-state index contributed by atoms with van der Waals surface area (Å²) >= 11 is 2.27. The van der Waals surface area contributed by atoms with Crippen LogP contribution in [0, 0.1) is 0 Å². The van der Waals surface area contributed by atoms with Crippen LogP contribution in [0.1, 0.15) is 6.92 Å². The third-order valence-electron chi connectivity index (χ3n) is 0.343. The highest BCUT2D eigenvalue weighted by molar-refractivity contribution is 14.1. The molecule has 2 N–H and O–H groups in total. The van der Waals surface area contributed by atoms with E-state index in [1.165, 1.54) is 0 Å². The van der Waals surface area contributed by atoms with Crippen LogP contribution in [-0.2, 0) is 0 Å². The van der Waals surface area contributed by atoms with Gasteiger partial charge in [0.1, 0.15) is 0 Å². The zero-order chi connectivity index (χ0) is 4.99. The van der Waals surface area contributed by atoms with E-state index >= 15 is 0 Å². The summed E-state index contributed by atoms with van der Waals surface area (Å²) in [6.45, 7) is 2.07. The van der Waals surface area contributed by atoms with Crippen molar-refractivity contribution in [3.8, 4) is 0 Å². The Morgan fingerprint density at radius 3 is 2.17 bits per heavy atom. The van der Waals surface area contributed by atoms with E-state index in [4.69, 9.17) is 0 Å². The van der Waals surface area contributed by atoms with E-state index in [2.05, 4.69) is 40.4 Å². The van der Waals surface area contributed by atoms with Gasteiger partial charge in [0.05, 0.1) is 4.05 Å². The smallest absolute Gasteiger partial charge is 0.0699 e. The molecule has 3 heteroatoms. The van der Waals surface area contributed by atoms with Crippen molar-refractivity contribution in [1.82, 2.24) is 10.9 Å². The van der Waals surface area contributed by atoms with Crippen LogP contribution in [0.2, 0.25) is 0 Å². The number of alkyl halides is 1. The Bertz CT molecular complexity index is 30.0. The summed E-state index contributed by atoms with van der Waals surface area (Å²) in [7, 11) is 1.86. The second kappa shape index (κ2) is 3.83. The molecule has 0 aliphatic rings. The molecule has 0 spiro atoms. The minimum atomic E-state index is 0.507. The molecule has 0 heterocycles. The van der Waals surface area contributed by atoms with E-state index in [0.717, 1.165) is 0 Å². The maximum absolute atomic E-state index is 2.94. The number of rotatable bonds is 2. The Labute approximate surface area is 51.8 Å². The van der Waals surface area contributed by atoms with Gasteiger partial charge in [-0.05, 0) is 14.0 Å². The first kappa shape index (κ1) is 6.65. The van der Waals surface area contributed by atoms with Crippen molar-refractivity contribution in [3.05, 3.63) is 0 Å². The summed E-state index contributed by atoms with van der Waals surface area (Å²) in [6.07, 6.45) is 0. The molecule has 0 amide bonds. The summed E-state index contributed by atoms with van der Waals surface area (Å²) in [5.74, 6) is 0. The van der Waals surface area contributed by atoms with Gasteiger partial charge in [-0.3, -0.25) is 5.43 Å². The van der Waals surface area contributed by atoms with Gasteiger partial charge in [-0.1, -0.05) is 22.6 Å². The lowest BCUT2D eigenvalue weighted by atomic mass is 10.8. The Morgan fingerprint density at radius 1 is 1.67 bits per heavy atom. The Hall–Kier alpha value is 0.650. The molecule has 0 unspecified atom stereocenters. The van der Waals surface area contributed by atoms with E-state index in [1.54, 1.807) is 0 Å². The van der Waals surface area contributed by atoms with Crippen LogP contribution in [0.15, 0.2) is 0 Å². The van der Waals surface area contributed by atoms with Crippen molar-refractivity contribution in [2.45, 2.75) is 11.0 Å². The zero-order valence-electron chi connectivity index (χ0n) is 3.96. The first-order valence-corrected chi connectivity index (χ1v) is 3.08. The average Bonchev–Trinajstić information content (AvgIpc) is 1.35. The topological polar surface area (TPSA) is 24.1 Å². The second-order valence-corrected chi connectivity index (χ2v) is 2.88. The number of halogens is 1. The minimum absolute atomic E-state index is 0.507. The molecule has 0 saturated carbocycles. The van der Waals surface area contributed by atoms with Crippen molar-refractivity contribution in [2.75, 3.05) is 7.05 Å². The second-order valence-electron chi connectivity index (χ2n) is 1.01. The van der Waals surface area contributed by atoms with Crippen LogP contribution >= 0.6 is 22.6 Å². The summed E-state index contributed by atoms with van der Waals surface area (Å²) in [4.78, 5) is 0. The number of hydrazine groups is 1. The van der Waals surface area contributed by atoms with Crippen LogP contribution in [0.25, 0.3) is 0 Å². The van der Waals surface area contributed by atoms with Gasteiger partial charge in [0.15, 0.2) is 0 Å². The fraction of sp³-hybridized carbons (Fsp3) is 1.00. The summed E-state index contributed by atoms with van der Waals surface area (Å²) in [5, 5.41) is 0. The fourth-order valence-corrected chi connectivity index (χ4v) is 0.510. The van der Waals surface area contributed by atoms with E-state index < -0.39 is 0 Å². The van der Waals surface area contributed by atoms with E-state index in [0.29, 0.717) is 4.05 Å². The monoisotopic (exact) mass is 200 g/mol. The SMILES string of the molecule is CNN[C@H](C)I. The molecule has 0 radical (unpaired) electrons. The average molecular weight is 200 g/mol.